The van der Waals surface area contributed by atoms with Crippen LogP contribution in [0.2, 0.25) is 0 Å². The Labute approximate surface area is 200 Å². The lowest BCUT2D eigenvalue weighted by atomic mass is 10.1. The molecule has 0 saturated heterocycles. The van der Waals surface area contributed by atoms with Crippen molar-refractivity contribution in [2.45, 2.75) is 38.3 Å². The maximum atomic E-state index is 15.0. The van der Waals surface area contributed by atoms with Gasteiger partial charge in [0.05, 0.1) is 6.26 Å². The number of H-pyrrole nitrogens is 1. The summed E-state index contributed by atoms with van der Waals surface area (Å²) >= 11 is 0. The van der Waals surface area contributed by atoms with E-state index in [-0.39, 0.29) is 30.0 Å². The van der Waals surface area contributed by atoms with Crippen molar-refractivity contribution in [2.75, 3.05) is 10.6 Å². The van der Waals surface area contributed by atoms with E-state index in [2.05, 4.69) is 31.1 Å². The van der Waals surface area contributed by atoms with Crippen LogP contribution in [0.15, 0.2) is 59.2 Å². The topological polar surface area (TPSA) is 108 Å². The number of rotatable bonds is 9. The number of hydrogen-bond donors (Lipinski definition) is 4. The average molecular weight is 479 g/mol. The van der Waals surface area contributed by atoms with Crippen molar-refractivity contribution in [2.24, 2.45) is 0 Å². The normalized spacial score (nSPS) is 13.9. The van der Waals surface area contributed by atoms with E-state index in [1.807, 2.05) is 13.0 Å². The van der Waals surface area contributed by atoms with Gasteiger partial charge in [0.15, 0.2) is 23.2 Å². The van der Waals surface area contributed by atoms with Crippen LogP contribution in [0, 0.1) is 11.6 Å². The van der Waals surface area contributed by atoms with Crippen molar-refractivity contribution in [1.29, 1.82) is 0 Å². The maximum Gasteiger partial charge on any atom is 0.287 e. The standard InChI is InChI=1S/C25H24F2N6O2/c1-14(15-6-8-18(26)9-7-15)29-23-17(13-28-25(34)21-3-2-10-35-21)11-19(27)24(31-23)30-22-12-20(32-33-22)16-4-5-16/h2-3,6-12,14,16H,4-5,13H2,1H3,(H,28,34)(H3,29,30,31,32,33). The predicted molar refractivity (Wildman–Crippen MR) is 126 cm³/mol. The largest absolute Gasteiger partial charge is 0.459 e. The van der Waals surface area contributed by atoms with E-state index >= 15 is 4.39 Å². The van der Waals surface area contributed by atoms with Crippen molar-refractivity contribution in [3.05, 3.63) is 89.0 Å². The molecule has 4 N–H and O–H groups in total. The Bertz CT molecular complexity index is 1320. The van der Waals surface area contributed by atoms with E-state index in [9.17, 15) is 9.18 Å². The smallest absolute Gasteiger partial charge is 0.287 e. The summed E-state index contributed by atoms with van der Waals surface area (Å²) < 4.78 is 33.5. The molecular weight excluding hydrogens is 454 g/mol. The van der Waals surface area contributed by atoms with Crippen molar-refractivity contribution in [3.8, 4) is 0 Å². The second-order valence-electron chi connectivity index (χ2n) is 8.51. The van der Waals surface area contributed by atoms with E-state index in [0.717, 1.165) is 24.1 Å². The fourth-order valence-electron chi connectivity index (χ4n) is 3.71. The van der Waals surface area contributed by atoms with Gasteiger partial charge >= 0.3 is 0 Å². The Morgan fingerprint density at radius 2 is 1.97 bits per heavy atom. The predicted octanol–water partition coefficient (Wildman–Crippen LogP) is 5.40. The molecule has 4 aromatic rings. The quantitative estimate of drug-likeness (QED) is 0.257. The molecule has 1 aromatic carbocycles. The lowest BCUT2D eigenvalue weighted by Gasteiger charge is -2.19. The summed E-state index contributed by atoms with van der Waals surface area (Å²) in [4.78, 5) is 16.8. The zero-order chi connectivity index (χ0) is 24.4. The van der Waals surface area contributed by atoms with E-state index < -0.39 is 11.7 Å². The molecule has 1 amide bonds. The van der Waals surface area contributed by atoms with Gasteiger partial charge in [0.1, 0.15) is 11.6 Å². The highest BCUT2D eigenvalue weighted by Crippen LogP contribution is 2.39. The van der Waals surface area contributed by atoms with E-state index in [1.54, 1.807) is 18.2 Å². The van der Waals surface area contributed by atoms with Gasteiger partial charge in [-0.1, -0.05) is 12.1 Å². The number of carbonyl (C=O) groups excluding carboxylic acids is 1. The summed E-state index contributed by atoms with van der Waals surface area (Å²) in [5.74, 6) is 0.0910. The molecular formula is C25H24F2N6O2. The van der Waals surface area contributed by atoms with Gasteiger partial charge in [-0.3, -0.25) is 9.89 Å². The van der Waals surface area contributed by atoms with Crippen LogP contribution in [0.3, 0.4) is 0 Å². The highest BCUT2D eigenvalue weighted by Gasteiger charge is 2.26. The number of furan rings is 1. The molecule has 1 atom stereocenters. The van der Waals surface area contributed by atoms with Gasteiger partial charge in [-0.15, -0.1) is 0 Å². The molecule has 3 aromatic heterocycles. The lowest BCUT2D eigenvalue weighted by molar-refractivity contribution is 0.0923. The summed E-state index contributed by atoms with van der Waals surface area (Å²) in [7, 11) is 0. The first-order chi connectivity index (χ1) is 17.0. The molecule has 180 valence electrons. The number of pyridine rings is 1. The minimum absolute atomic E-state index is 0.00577. The molecule has 1 aliphatic rings. The Morgan fingerprint density at radius 1 is 1.17 bits per heavy atom. The minimum atomic E-state index is -0.594. The van der Waals surface area contributed by atoms with Gasteiger partial charge in [-0.2, -0.15) is 5.10 Å². The van der Waals surface area contributed by atoms with Crippen LogP contribution >= 0.6 is 0 Å². The highest BCUT2D eigenvalue weighted by molar-refractivity contribution is 5.91. The second-order valence-corrected chi connectivity index (χ2v) is 8.51. The summed E-state index contributed by atoms with van der Waals surface area (Å²) in [5, 5.41) is 16.1. The van der Waals surface area contributed by atoms with Gasteiger partial charge in [-0.05, 0) is 55.7 Å². The summed E-state index contributed by atoms with van der Waals surface area (Å²) in [5.41, 5.74) is 2.26. The van der Waals surface area contributed by atoms with Crippen LogP contribution in [-0.4, -0.2) is 21.1 Å². The fourth-order valence-corrected chi connectivity index (χ4v) is 3.71. The van der Waals surface area contributed by atoms with Gasteiger partial charge in [0.25, 0.3) is 5.91 Å². The fraction of sp³-hybridized carbons (Fsp3) is 0.240. The van der Waals surface area contributed by atoms with Crippen molar-refractivity contribution >= 4 is 23.4 Å². The highest BCUT2D eigenvalue weighted by atomic mass is 19.1. The number of amides is 1. The molecule has 35 heavy (non-hydrogen) atoms. The Hall–Kier alpha value is -4.21. The molecule has 0 radical (unpaired) electrons. The first-order valence-corrected chi connectivity index (χ1v) is 11.3. The molecule has 1 fully saturated rings. The van der Waals surface area contributed by atoms with Crippen LogP contribution in [0.25, 0.3) is 0 Å². The van der Waals surface area contributed by atoms with E-state index in [4.69, 9.17) is 4.42 Å². The Balaban J connectivity index is 1.40. The lowest BCUT2D eigenvalue weighted by Crippen LogP contribution is -2.23. The maximum absolute atomic E-state index is 15.0. The first kappa shape index (κ1) is 22.6. The summed E-state index contributed by atoms with van der Waals surface area (Å²) in [6, 6.07) is 12.1. The number of nitrogens with zero attached hydrogens (tertiary/aromatic N) is 2. The number of halogens is 2. The number of hydrogen-bond acceptors (Lipinski definition) is 6. The van der Waals surface area contributed by atoms with Crippen molar-refractivity contribution < 1.29 is 18.0 Å². The zero-order valence-electron chi connectivity index (χ0n) is 18.9. The molecule has 0 aliphatic heterocycles. The van der Waals surface area contributed by atoms with Gasteiger partial charge < -0.3 is 20.4 Å². The average Bonchev–Trinajstić information content (AvgIpc) is 3.34. The van der Waals surface area contributed by atoms with Gasteiger partial charge in [0.2, 0.25) is 0 Å². The molecule has 0 bridgehead atoms. The third kappa shape index (κ3) is 5.32. The first-order valence-electron chi connectivity index (χ1n) is 11.3. The molecule has 1 unspecified atom stereocenters. The van der Waals surface area contributed by atoms with E-state index in [0.29, 0.717) is 23.1 Å². The zero-order valence-corrected chi connectivity index (χ0v) is 18.9. The molecule has 1 aliphatic carbocycles. The number of nitrogens with one attached hydrogen (secondary N) is 4. The number of anilines is 3. The summed E-state index contributed by atoms with van der Waals surface area (Å²) in [6.07, 6.45) is 3.63. The van der Waals surface area contributed by atoms with Gasteiger partial charge in [-0.25, -0.2) is 13.8 Å². The SMILES string of the molecule is CC(Nc1nc(Nc2cc(C3CC3)[nH]n2)c(F)cc1CNC(=O)c1ccco1)c1ccc(F)cc1. The number of carbonyl (C=O) groups is 1. The van der Waals surface area contributed by atoms with Crippen molar-refractivity contribution in [1.82, 2.24) is 20.5 Å². The molecule has 3 heterocycles. The Kier molecular flexibility index (Phi) is 6.17. The van der Waals surface area contributed by atoms with Crippen LogP contribution in [-0.2, 0) is 6.54 Å². The molecule has 8 nitrogen and oxygen atoms in total. The van der Waals surface area contributed by atoms with E-state index in [1.165, 1.54) is 30.5 Å². The molecule has 10 heteroatoms. The summed E-state index contributed by atoms with van der Waals surface area (Å²) in [6.45, 7) is 1.89. The Morgan fingerprint density at radius 3 is 2.69 bits per heavy atom. The van der Waals surface area contributed by atoms with Crippen LogP contribution < -0.4 is 16.0 Å². The van der Waals surface area contributed by atoms with Crippen molar-refractivity contribution in [3.63, 3.8) is 0 Å². The monoisotopic (exact) mass is 478 g/mol. The van der Waals surface area contributed by atoms with Crippen LogP contribution in [0.1, 0.15) is 59.1 Å². The van der Waals surface area contributed by atoms with Crippen LogP contribution in [0.4, 0.5) is 26.2 Å². The number of aromatic amines is 1. The molecule has 1 saturated carbocycles. The molecule has 0 spiro atoms. The number of benzene rings is 1. The third-order valence-corrected chi connectivity index (χ3v) is 5.82. The third-order valence-electron chi connectivity index (χ3n) is 5.82. The van der Waals surface area contributed by atoms with Crippen LogP contribution in [0.5, 0.6) is 0 Å². The second kappa shape index (κ2) is 9.57. The minimum Gasteiger partial charge on any atom is -0.459 e. The van der Waals surface area contributed by atoms with Gasteiger partial charge in [0, 0.05) is 35.8 Å². The molecule has 5 rings (SSSR count). The number of aromatic nitrogens is 3.